The number of methoxy groups -OCH3 is 1. The molecule has 1 aromatic heterocycles. The lowest BCUT2D eigenvalue weighted by atomic mass is 10.0. The van der Waals surface area contributed by atoms with Gasteiger partial charge in [0.2, 0.25) is 0 Å². The van der Waals surface area contributed by atoms with Crippen LogP contribution in [0.1, 0.15) is 28.6 Å². The van der Waals surface area contributed by atoms with E-state index in [1.54, 1.807) is 13.1 Å². The zero-order valence-electron chi connectivity index (χ0n) is 10.5. The molecule has 6 heteroatoms. The number of aliphatic hydroxyl groups excluding tert-OH is 2. The number of nitrogens with one attached hydrogen (secondary N) is 1. The first kappa shape index (κ1) is 14.6. The van der Waals surface area contributed by atoms with Crippen molar-refractivity contribution in [2.24, 2.45) is 0 Å². The largest absolute Gasteiger partial charge is 0.464 e. The van der Waals surface area contributed by atoms with Crippen LogP contribution in [-0.2, 0) is 4.74 Å². The van der Waals surface area contributed by atoms with Crippen molar-refractivity contribution in [2.45, 2.75) is 18.6 Å². The zero-order valence-corrected chi connectivity index (χ0v) is 10.5. The molecule has 1 aromatic rings. The molecule has 0 saturated heterocycles. The van der Waals surface area contributed by atoms with E-state index in [0.29, 0.717) is 18.5 Å². The van der Waals surface area contributed by atoms with Crippen LogP contribution in [0.3, 0.4) is 0 Å². The standard InChI is InChI=1S/C12H18N2O4/c1-13-5-4-10(15)11(16)8-3-6-14-9(7-8)12(17)18-2/h3,6-7,10-11,13,15-16H,4-5H2,1-2H3. The van der Waals surface area contributed by atoms with Gasteiger partial charge in [0, 0.05) is 6.20 Å². The van der Waals surface area contributed by atoms with Crippen LogP contribution in [0.2, 0.25) is 0 Å². The molecule has 0 fully saturated rings. The highest BCUT2D eigenvalue weighted by Crippen LogP contribution is 2.19. The molecule has 1 rings (SSSR count). The van der Waals surface area contributed by atoms with Gasteiger partial charge in [-0.15, -0.1) is 0 Å². The maximum absolute atomic E-state index is 11.3. The number of rotatable bonds is 6. The topological polar surface area (TPSA) is 91.7 Å². The third kappa shape index (κ3) is 3.76. The fourth-order valence-corrected chi connectivity index (χ4v) is 1.52. The van der Waals surface area contributed by atoms with Gasteiger partial charge in [-0.25, -0.2) is 9.78 Å². The van der Waals surface area contributed by atoms with Gasteiger partial charge >= 0.3 is 5.97 Å². The van der Waals surface area contributed by atoms with Crippen molar-refractivity contribution in [2.75, 3.05) is 20.7 Å². The second-order valence-corrected chi connectivity index (χ2v) is 3.87. The number of carbonyl (C=O) groups is 1. The molecular formula is C12H18N2O4. The lowest BCUT2D eigenvalue weighted by Crippen LogP contribution is -2.23. The van der Waals surface area contributed by atoms with Crippen LogP contribution in [0.25, 0.3) is 0 Å². The van der Waals surface area contributed by atoms with E-state index in [1.807, 2.05) is 0 Å². The van der Waals surface area contributed by atoms with Crippen LogP contribution >= 0.6 is 0 Å². The predicted molar refractivity (Wildman–Crippen MR) is 65.1 cm³/mol. The van der Waals surface area contributed by atoms with Gasteiger partial charge in [0.15, 0.2) is 0 Å². The van der Waals surface area contributed by atoms with Crippen molar-refractivity contribution in [1.82, 2.24) is 10.3 Å². The van der Waals surface area contributed by atoms with Gasteiger partial charge in [0.1, 0.15) is 11.8 Å². The Bertz CT molecular complexity index is 397. The Morgan fingerprint density at radius 3 is 2.89 bits per heavy atom. The molecule has 0 aliphatic heterocycles. The molecule has 0 radical (unpaired) electrons. The second-order valence-electron chi connectivity index (χ2n) is 3.87. The van der Waals surface area contributed by atoms with Gasteiger partial charge in [-0.05, 0) is 37.7 Å². The van der Waals surface area contributed by atoms with E-state index in [1.165, 1.54) is 19.4 Å². The van der Waals surface area contributed by atoms with Crippen LogP contribution in [0.15, 0.2) is 18.3 Å². The molecule has 2 atom stereocenters. The first-order valence-electron chi connectivity index (χ1n) is 5.65. The van der Waals surface area contributed by atoms with E-state index >= 15 is 0 Å². The highest BCUT2D eigenvalue weighted by molar-refractivity contribution is 5.87. The minimum atomic E-state index is -1.05. The molecule has 18 heavy (non-hydrogen) atoms. The van der Waals surface area contributed by atoms with Gasteiger partial charge in [0.25, 0.3) is 0 Å². The number of hydrogen-bond donors (Lipinski definition) is 3. The first-order chi connectivity index (χ1) is 8.60. The number of esters is 1. The van der Waals surface area contributed by atoms with Crippen LogP contribution < -0.4 is 5.32 Å². The summed E-state index contributed by atoms with van der Waals surface area (Å²) in [4.78, 5) is 15.1. The van der Waals surface area contributed by atoms with Crippen molar-refractivity contribution >= 4 is 5.97 Å². The van der Waals surface area contributed by atoms with Crippen molar-refractivity contribution in [1.29, 1.82) is 0 Å². The van der Waals surface area contributed by atoms with E-state index in [9.17, 15) is 15.0 Å². The van der Waals surface area contributed by atoms with Gasteiger partial charge in [-0.2, -0.15) is 0 Å². The molecule has 3 N–H and O–H groups in total. The number of aliphatic hydroxyl groups is 2. The Labute approximate surface area is 106 Å². The minimum absolute atomic E-state index is 0.106. The summed E-state index contributed by atoms with van der Waals surface area (Å²) in [5, 5.41) is 22.6. The molecule has 0 saturated carbocycles. The number of carbonyl (C=O) groups excluding carboxylic acids is 1. The molecule has 1 heterocycles. The van der Waals surface area contributed by atoms with Gasteiger partial charge < -0.3 is 20.3 Å². The molecule has 0 aliphatic rings. The van der Waals surface area contributed by atoms with E-state index in [4.69, 9.17) is 0 Å². The normalized spacial score (nSPS) is 14.0. The van der Waals surface area contributed by atoms with Gasteiger partial charge in [0.05, 0.1) is 13.2 Å². The molecule has 2 unspecified atom stereocenters. The monoisotopic (exact) mass is 254 g/mol. The highest BCUT2D eigenvalue weighted by Gasteiger charge is 2.19. The molecule has 6 nitrogen and oxygen atoms in total. The number of hydrogen-bond acceptors (Lipinski definition) is 6. The summed E-state index contributed by atoms with van der Waals surface area (Å²) in [7, 11) is 3.02. The van der Waals surface area contributed by atoms with E-state index in [2.05, 4.69) is 15.0 Å². The summed E-state index contributed by atoms with van der Waals surface area (Å²) in [5.41, 5.74) is 0.545. The second kappa shape index (κ2) is 7.05. The first-order valence-corrected chi connectivity index (χ1v) is 5.65. The summed E-state index contributed by atoms with van der Waals surface area (Å²) in [6, 6.07) is 2.97. The Balaban J connectivity index is 2.79. The quantitative estimate of drug-likeness (QED) is 0.613. The summed E-state index contributed by atoms with van der Waals surface area (Å²) in [5.74, 6) is -0.575. The van der Waals surface area contributed by atoms with Crippen molar-refractivity contribution in [3.63, 3.8) is 0 Å². The van der Waals surface area contributed by atoms with Gasteiger partial charge in [-0.1, -0.05) is 0 Å². The third-order valence-electron chi connectivity index (χ3n) is 2.57. The number of ether oxygens (including phenoxy) is 1. The fraction of sp³-hybridized carbons (Fsp3) is 0.500. The average molecular weight is 254 g/mol. The van der Waals surface area contributed by atoms with Gasteiger partial charge in [-0.3, -0.25) is 0 Å². The summed E-state index contributed by atoms with van der Waals surface area (Å²) in [6.45, 7) is 0.590. The molecule has 100 valence electrons. The lowest BCUT2D eigenvalue weighted by molar-refractivity contribution is 0.0139. The average Bonchev–Trinajstić information content (AvgIpc) is 2.43. The van der Waals surface area contributed by atoms with E-state index in [0.717, 1.165) is 0 Å². The fourth-order valence-electron chi connectivity index (χ4n) is 1.52. The summed E-state index contributed by atoms with van der Waals surface area (Å²) in [6.07, 6.45) is -0.140. The van der Waals surface area contributed by atoms with E-state index < -0.39 is 18.2 Å². The third-order valence-corrected chi connectivity index (χ3v) is 2.57. The van der Waals surface area contributed by atoms with Crippen molar-refractivity contribution in [3.05, 3.63) is 29.6 Å². The lowest BCUT2D eigenvalue weighted by Gasteiger charge is -2.18. The smallest absolute Gasteiger partial charge is 0.356 e. The maximum Gasteiger partial charge on any atom is 0.356 e. The van der Waals surface area contributed by atoms with Crippen LogP contribution in [0.4, 0.5) is 0 Å². The molecular weight excluding hydrogens is 236 g/mol. The number of nitrogens with zero attached hydrogens (tertiary/aromatic N) is 1. The van der Waals surface area contributed by atoms with Crippen LogP contribution in [0.5, 0.6) is 0 Å². The SMILES string of the molecule is CNCCC(O)C(O)c1ccnc(C(=O)OC)c1. The predicted octanol–water partition coefficient (Wildman–Crippen LogP) is -0.128. The summed E-state index contributed by atoms with van der Waals surface area (Å²) < 4.78 is 4.54. The van der Waals surface area contributed by atoms with Crippen molar-refractivity contribution in [3.8, 4) is 0 Å². The number of pyridine rings is 1. The molecule has 0 bridgehead atoms. The van der Waals surface area contributed by atoms with Crippen molar-refractivity contribution < 1.29 is 19.7 Å². The highest BCUT2D eigenvalue weighted by atomic mass is 16.5. The Hall–Kier alpha value is -1.50. The van der Waals surface area contributed by atoms with Crippen LogP contribution in [-0.4, -0.2) is 48.0 Å². The molecule has 0 aliphatic carbocycles. The maximum atomic E-state index is 11.3. The number of aromatic nitrogens is 1. The van der Waals surface area contributed by atoms with E-state index in [-0.39, 0.29) is 5.69 Å². The Kier molecular flexibility index (Phi) is 5.70. The minimum Gasteiger partial charge on any atom is -0.464 e. The molecule has 0 spiro atoms. The Morgan fingerprint density at radius 1 is 1.56 bits per heavy atom. The summed E-state index contributed by atoms with van der Waals surface area (Å²) >= 11 is 0. The van der Waals surface area contributed by atoms with Crippen LogP contribution in [0, 0.1) is 0 Å². The molecule has 0 amide bonds. The molecule has 0 aromatic carbocycles. The zero-order chi connectivity index (χ0) is 13.5. The Morgan fingerprint density at radius 2 is 2.28 bits per heavy atom.